The molecule has 0 aromatic heterocycles. The molecular formula is C26H36ClN3O4S. The van der Waals surface area contributed by atoms with Crippen molar-refractivity contribution >= 4 is 27.5 Å². The lowest BCUT2D eigenvalue weighted by atomic mass is 10.1. The first-order valence-electron chi connectivity index (χ1n) is 12.4. The number of carbonyl (C=O) groups is 1. The number of carbonyl (C=O) groups excluding carboxylic acids is 1. The molecule has 2 aromatic rings. The molecule has 1 atom stereocenters. The Hall–Kier alpha value is -2.13. The first kappa shape index (κ1) is 27.5. The normalized spacial score (nSPS) is 15.8. The Morgan fingerprint density at radius 2 is 1.94 bits per heavy atom. The van der Waals surface area contributed by atoms with Gasteiger partial charge in [-0.15, -0.1) is 0 Å². The zero-order valence-electron chi connectivity index (χ0n) is 20.6. The molecule has 1 amide bonds. The second-order valence-electron chi connectivity index (χ2n) is 8.80. The van der Waals surface area contributed by atoms with Gasteiger partial charge in [-0.25, -0.2) is 13.1 Å². The molecule has 0 bridgehead atoms. The predicted molar refractivity (Wildman–Crippen MR) is 139 cm³/mol. The number of ether oxygens (including phenoxy) is 1. The molecule has 1 saturated heterocycles. The van der Waals surface area contributed by atoms with Crippen molar-refractivity contribution in [3.63, 3.8) is 0 Å². The monoisotopic (exact) mass is 521 g/mol. The highest BCUT2D eigenvalue weighted by molar-refractivity contribution is 7.89. The molecule has 1 aliphatic rings. The maximum Gasteiger partial charge on any atom is 0.240 e. The molecule has 3 rings (SSSR count). The van der Waals surface area contributed by atoms with E-state index in [9.17, 15) is 13.2 Å². The van der Waals surface area contributed by atoms with Crippen LogP contribution in [0.1, 0.15) is 50.7 Å². The zero-order valence-corrected chi connectivity index (χ0v) is 22.1. The highest BCUT2D eigenvalue weighted by atomic mass is 35.5. The predicted octanol–water partition coefficient (Wildman–Crippen LogP) is 4.14. The number of sulfonamides is 1. The minimum absolute atomic E-state index is 0.0619. The number of hydrogen-bond acceptors (Lipinski definition) is 5. The van der Waals surface area contributed by atoms with Gasteiger partial charge in [-0.1, -0.05) is 37.6 Å². The quantitative estimate of drug-likeness (QED) is 0.413. The summed E-state index contributed by atoms with van der Waals surface area (Å²) >= 11 is 6.27. The Bertz CT molecular complexity index is 1070. The van der Waals surface area contributed by atoms with Gasteiger partial charge >= 0.3 is 0 Å². The summed E-state index contributed by atoms with van der Waals surface area (Å²) in [5, 5.41) is 3.90. The lowest BCUT2D eigenvalue weighted by Gasteiger charge is -2.27. The van der Waals surface area contributed by atoms with E-state index in [1.54, 1.807) is 18.2 Å². The summed E-state index contributed by atoms with van der Waals surface area (Å²) in [4.78, 5) is 15.5. The number of hydrogen-bond donors (Lipinski definition) is 2. The third kappa shape index (κ3) is 7.93. The minimum atomic E-state index is -3.50. The second kappa shape index (κ2) is 13.3. The van der Waals surface area contributed by atoms with Crippen LogP contribution in [0.15, 0.2) is 47.4 Å². The van der Waals surface area contributed by atoms with Crippen LogP contribution in [0.25, 0.3) is 0 Å². The van der Waals surface area contributed by atoms with Crippen molar-refractivity contribution in [2.75, 3.05) is 26.2 Å². The van der Waals surface area contributed by atoms with E-state index in [2.05, 4.69) is 10.0 Å². The van der Waals surface area contributed by atoms with Gasteiger partial charge in [-0.3, -0.25) is 4.79 Å². The maximum atomic E-state index is 13.4. The van der Waals surface area contributed by atoms with Gasteiger partial charge < -0.3 is 15.0 Å². The van der Waals surface area contributed by atoms with Crippen LogP contribution in [0.2, 0.25) is 5.02 Å². The highest BCUT2D eigenvalue weighted by Crippen LogP contribution is 2.26. The lowest BCUT2D eigenvalue weighted by molar-refractivity contribution is -0.133. The molecule has 2 aromatic carbocycles. The summed E-state index contributed by atoms with van der Waals surface area (Å²) in [7, 11) is -3.50. The molecular weight excluding hydrogens is 486 g/mol. The van der Waals surface area contributed by atoms with Crippen molar-refractivity contribution in [2.24, 2.45) is 0 Å². The largest absolute Gasteiger partial charge is 0.493 e. The zero-order chi connectivity index (χ0) is 25.3. The third-order valence-corrected chi connectivity index (χ3v) is 7.67. The van der Waals surface area contributed by atoms with Crippen molar-refractivity contribution in [1.29, 1.82) is 0 Å². The minimum Gasteiger partial charge on any atom is -0.493 e. The Labute approximate surface area is 214 Å². The summed E-state index contributed by atoms with van der Waals surface area (Å²) < 4.78 is 33.2. The molecule has 1 fully saturated rings. The van der Waals surface area contributed by atoms with Crippen LogP contribution >= 0.6 is 11.6 Å². The molecule has 192 valence electrons. The number of amides is 1. The topological polar surface area (TPSA) is 87.7 Å². The molecule has 9 heteroatoms. The average molecular weight is 522 g/mol. The Morgan fingerprint density at radius 1 is 1.17 bits per heavy atom. The standard InChI is InChI=1S/C26H36ClN3O4S/c1-3-14-29-35(32,33)23-10-7-20(8-11-23)13-16-30(26(31)24-6-5-15-28-24)19-21-18-22(27)9-12-25(21)34-17-4-2/h7-12,18,24,28-29H,3-6,13-17,19H2,1-2H3/t24-/m0/s1. The summed E-state index contributed by atoms with van der Waals surface area (Å²) in [6.07, 6.45) is 4.02. The van der Waals surface area contributed by atoms with E-state index in [-0.39, 0.29) is 16.8 Å². The van der Waals surface area contributed by atoms with Crippen LogP contribution in [0.5, 0.6) is 5.75 Å². The molecule has 1 aliphatic heterocycles. The van der Waals surface area contributed by atoms with Crippen LogP contribution in [-0.2, 0) is 27.8 Å². The smallest absolute Gasteiger partial charge is 0.240 e. The van der Waals surface area contributed by atoms with E-state index < -0.39 is 10.0 Å². The third-order valence-electron chi connectivity index (χ3n) is 5.96. The molecule has 1 heterocycles. The number of benzene rings is 2. The SMILES string of the molecule is CCCNS(=O)(=O)c1ccc(CCN(Cc2cc(Cl)ccc2OCCC)C(=O)[C@@H]2CCCN2)cc1. The van der Waals surface area contributed by atoms with E-state index in [1.807, 2.05) is 43.0 Å². The molecule has 0 aliphatic carbocycles. The molecule has 0 unspecified atom stereocenters. The van der Waals surface area contributed by atoms with E-state index in [0.717, 1.165) is 49.1 Å². The summed E-state index contributed by atoms with van der Waals surface area (Å²) in [5.41, 5.74) is 1.84. The highest BCUT2D eigenvalue weighted by Gasteiger charge is 2.27. The van der Waals surface area contributed by atoms with Crippen LogP contribution in [-0.4, -0.2) is 51.5 Å². The van der Waals surface area contributed by atoms with Crippen molar-refractivity contribution in [3.05, 3.63) is 58.6 Å². The summed E-state index contributed by atoms with van der Waals surface area (Å²) in [6, 6.07) is 12.2. The fourth-order valence-corrected chi connectivity index (χ4v) is 5.36. The summed E-state index contributed by atoms with van der Waals surface area (Å²) in [6.45, 7) is 6.70. The van der Waals surface area contributed by atoms with Gasteiger partial charge in [0.25, 0.3) is 0 Å². The van der Waals surface area contributed by atoms with E-state index >= 15 is 0 Å². The van der Waals surface area contributed by atoms with Gasteiger partial charge in [0.05, 0.1) is 17.5 Å². The summed E-state index contributed by atoms with van der Waals surface area (Å²) in [5.74, 6) is 0.800. The molecule has 2 N–H and O–H groups in total. The van der Waals surface area contributed by atoms with Crippen LogP contribution < -0.4 is 14.8 Å². The number of nitrogens with zero attached hydrogens (tertiary/aromatic N) is 1. The maximum absolute atomic E-state index is 13.4. The van der Waals surface area contributed by atoms with Crippen molar-refractivity contribution < 1.29 is 17.9 Å². The molecule has 0 spiro atoms. The van der Waals surface area contributed by atoms with Gasteiger partial charge in [0, 0.05) is 30.2 Å². The van der Waals surface area contributed by atoms with Crippen LogP contribution in [0.3, 0.4) is 0 Å². The van der Waals surface area contributed by atoms with E-state index in [1.165, 1.54) is 0 Å². The Morgan fingerprint density at radius 3 is 2.60 bits per heavy atom. The first-order chi connectivity index (χ1) is 16.8. The number of halogens is 1. The molecule has 0 saturated carbocycles. The number of rotatable bonds is 13. The molecule has 7 nitrogen and oxygen atoms in total. The lowest BCUT2D eigenvalue weighted by Crippen LogP contribution is -2.44. The fraction of sp³-hybridized carbons (Fsp3) is 0.500. The van der Waals surface area contributed by atoms with E-state index in [4.69, 9.17) is 16.3 Å². The van der Waals surface area contributed by atoms with Crippen LogP contribution in [0.4, 0.5) is 0 Å². The van der Waals surface area contributed by atoms with Crippen molar-refractivity contribution in [3.8, 4) is 5.75 Å². The van der Waals surface area contributed by atoms with Crippen molar-refractivity contribution in [1.82, 2.24) is 14.9 Å². The Kier molecular flexibility index (Phi) is 10.4. The molecule has 0 radical (unpaired) electrons. The average Bonchev–Trinajstić information content (AvgIpc) is 3.40. The Balaban J connectivity index is 1.75. The molecule has 35 heavy (non-hydrogen) atoms. The van der Waals surface area contributed by atoms with Gasteiger partial charge in [-0.2, -0.15) is 0 Å². The van der Waals surface area contributed by atoms with Gasteiger partial charge in [0.15, 0.2) is 0 Å². The van der Waals surface area contributed by atoms with Crippen LogP contribution in [0, 0.1) is 0 Å². The van der Waals surface area contributed by atoms with Crippen molar-refractivity contribution in [2.45, 2.75) is 63.4 Å². The van der Waals surface area contributed by atoms with E-state index in [0.29, 0.717) is 37.7 Å². The van der Waals surface area contributed by atoms with Gasteiger partial charge in [0.1, 0.15) is 5.75 Å². The number of nitrogens with one attached hydrogen (secondary N) is 2. The fourth-order valence-electron chi connectivity index (χ4n) is 4.03. The van der Waals surface area contributed by atoms with Gasteiger partial charge in [0.2, 0.25) is 15.9 Å². The second-order valence-corrected chi connectivity index (χ2v) is 11.0. The first-order valence-corrected chi connectivity index (χ1v) is 14.2. The van der Waals surface area contributed by atoms with Gasteiger partial charge in [-0.05, 0) is 74.5 Å².